The molecule has 19 heavy (non-hydrogen) atoms. The van der Waals surface area contributed by atoms with E-state index < -0.39 is 0 Å². The standard InChI is InChI=1S/C16H15ClO2/c1-10(2)16(19)14-7-6-12(9-15(14)17)11-4-3-5-13(18)8-11/h3-10,18H,1-2H3. The normalized spacial score (nSPS) is 10.7. The fourth-order valence-corrected chi connectivity index (χ4v) is 2.16. The molecular weight excluding hydrogens is 260 g/mol. The van der Waals surface area contributed by atoms with Crippen molar-refractivity contribution in [1.29, 1.82) is 0 Å². The van der Waals surface area contributed by atoms with Gasteiger partial charge in [-0.1, -0.05) is 43.6 Å². The highest BCUT2D eigenvalue weighted by Crippen LogP contribution is 2.28. The summed E-state index contributed by atoms with van der Waals surface area (Å²) in [5.41, 5.74) is 2.28. The van der Waals surface area contributed by atoms with Crippen LogP contribution in [0.5, 0.6) is 5.75 Å². The van der Waals surface area contributed by atoms with Crippen molar-refractivity contribution in [3.8, 4) is 16.9 Å². The second-order valence-corrected chi connectivity index (χ2v) is 5.17. The Morgan fingerprint density at radius 1 is 1.11 bits per heavy atom. The summed E-state index contributed by atoms with van der Waals surface area (Å²) in [7, 11) is 0. The van der Waals surface area contributed by atoms with Gasteiger partial charge in [-0.3, -0.25) is 4.79 Å². The average molecular weight is 275 g/mol. The molecule has 0 spiro atoms. The van der Waals surface area contributed by atoms with Crippen LogP contribution in [0.2, 0.25) is 5.02 Å². The lowest BCUT2D eigenvalue weighted by Gasteiger charge is -2.09. The van der Waals surface area contributed by atoms with E-state index in [1.165, 1.54) is 0 Å². The fraction of sp³-hybridized carbons (Fsp3) is 0.188. The minimum atomic E-state index is -0.0795. The molecule has 0 bridgehead atoms. The van der Waals surface area contributed by atoms with Gasteiger partial charge in [0.25, 0.3) is 0 Å². The highest BCUT2D eigenvalue weighted by molar-refractivity contribution is 6.34. The zero-order valence-electron chi connectivity index (χ0n) is 10.9. The number of phenolic OH excluding ortho intramolecular Hbond substituents is 1. The zero-order chi connectivity index (χ0) is 14.0. The average Bonchev–Trinajstić information content (AvgIpc) is 2.37. The predicted molar refractivity (Wildman–Crippen MR) is 77.7 cm³/mol. The molecule has 98 valence electrons. The highest BCUT2D eigenvalue weighted by atomic mass is 35.5. The molecular formula is C16H15ClO2. The molecule has 0 unspecified atom stereocenters. The van der Waals surface area contributed by atoms with Crippen molar-refractivity contribution in [3.05, 3.63) is 53.1 Å². The first-order valence-electron chi connectivity index (χ1n) is 6.12. The van der Waals surface area contributed by atoms with Crippen molar-refractivity contribution in [2.75, 3.05) is 0 Å². The number of halogens is 1. The fourth-order valence-electron chi connectivity index (χ4n) is 1.89. The Kier molecular flexibility index (Phi) is 3.91. The molecule has 0 saturated carbocycles. The first-order chi connectivity index (χ1) is 8.99. The lowest BCUT2D eigenvalue weighted by atomic mass is 9.98. The third kappa shape index (κ3) is 2.96. The molecule has 2 aromatic rings. The molecule has 3 heteroatoms. The third-order valence-electron chi connectivity index (χ3n) is 2.94. The predicted octanol–water partition coefficient (Wildman–Crippen LogP) is 4.55. The van der Waals surface area contributed by atoms with E-state index in [9.17, 15) is 9.90 Å². The summed E-state index contributed by atoms with van der Waals surface area (Å²) in [4.78, 5) is 11.9. The molecule has 0 aliphatic heterocycles. The van der Waals surface area contributed by atoms with E-state index in [2.05, 4.69) is 0 Å². The molecule has 0 aliphatic carbocycles. The maximum atomic E-state index is 11.9. The van der Waals surface area contributed by atoms with Gasteiger partial charge in [-0.25, -0.2) is 0 Å². The van der Waals surface area contributed by atoms with Gasteiger partial charge in [0.05, 0.1) is 5.02 Å². The van der Waals surface area contributed by atoms with Gasteiger partial charge in [-0.05, 0) is 35.4 Å². The summed E-state index contributed by atoms with van der Waals surface area (Å²) in [6, 6.07) is 12.3. The van der Waals surface area contributed by atoms with Gasteiger partial charge in [0, 0.05) is 11.5 Å². The number of carbonyl (C=O) groups excluding carboxylic acids is 1. The summed E-state index contributed by atoms with van der Waals surface area (Å²) < 4.78 is 0. The largest absolute Gasteiger partial charge is 0.508 e. The van der Waals surface area contributed by atoms with Crippen molar-refractivity contribution in [1.82, 2.24) is 0 Å². The summed E-state index contributed by atoms with van der Waals surface area (Å²) in [6.45, 7) is 3.70. The van der Waals surface area contributed by atoms with Crippen LogP contribution in [-0.4, -0.2) is 10.9 Å². The van der Waals surface area contributed by atoms with Crippen LogP contribution in [0.25, 0.3) is 11.1 Å². The number of rotatable bonds is 3. The van der Waals surface area contributed by atoms with Crippen molar-refractivity contribution in [2.24, 2.45) is 5.92 Å². The lowest BCUT2D eigenvalue weighted by molar-refractivity contribution is 0.0939. The SMILES string of the molecule is CC(C)C(=O)c1ccc(-c2cccc(O)c2)cc1Cl. The van der Waals surface area contributed by atoms with Gasteiger partial charge in [-0.15, -0.1) is 0 Å². The highest BCUT2D eigenvalue weighted by Gasteiger charge is 2.14. The summed E-state index contributed by atoms with van der Waals surface area (Å²) >= 11 is 6.17. The molecule has 2 rings (SSSR count). The molecule has 0 fully saturated rings. The second kappa shape index (κ2) is 5.45. The van der Waals surface area contributed by atoms with Crippen molar-refractivity contribution >= 4 is 17.4 Å². The Balaban J connectivity index is 2.42. The molecule has 1 N–H and O–H groups in total. The maximum Gasteiger partial charge on any atom is 0.166 e. The third-order valence-corrected chi connectivity index (χ3v) is 3.25. The number of benzene rings is 2. The Labute approximate surface area is 117 Å². The van der Waals surface area contributed by atoms with Gasteiger partial charge in [0.15, 0.2) is 5.78 Å². The number of phenols is 1. The number of ketones is 1. The van der Waals surface area contributed by atoms with Crippen LogP contribution in [0.15, 0.2) is 42.5 Å². The monoisotopic (exact) mass is 274 g/mol. The molecule has 0 aromatic heterocycles. The molecule has 0 heterocycles. The smallest absolute Gasteiger partial charge is 0.166 e. The molecule has 0 atom stereocenters. The van der Waals surface area contributed by atoms with E-state index in [0.29, 0.717) is 10.6 Å². The first kappa shape index (κ1) is 13.6. The Morgan fingerprint density at radius 3 is 2.37 bits per heavy atom. The number of carbonyl (C=O) groups is 1. The topological polar surface area (TPSA) is 37.3 Å². The van der Waals surface area contributed by atoms with Gasteiger partial charge < -0.3 is 5.11 Å². The summed E-state index contributed by atoms with van der Waals surface area (Å²) in [6.07, 6.45) is 0. The van der Waals surface area contributed by atoms with Gasteiger partial charge >= 0.3 is 0 Å². The Morgan fingerprint density at radius 2 is 1.79 bits per heavy atom. The van der Waals surface area contributed by atoms with Crippen LogP contribution in [0.4, 0.5) is 0 Å². The van der Waals surface area contributed by atoms with Crippen LogP contribution in [-0.2, 0) is 0 Å². The van der Waals surface area contributed by atoms with Gasteiger partial charge in [0.1, 0.15) is 5.75 Å². The lowest BCUT2D eigenvalue weighted by Crippen LogP contribution is -2.07. The van der Waals surface area contributed by atoms with Crippen LogP contribution < -0.4 is 0 Å². The number of hydrogen-bond donors (Lipinski definition) is 1. The van der Waals surface area contributed by atoms with Crippen LogP contribution >= 0.6 is 11.6 Å². The maximum absolute atomic E-state index is 11.9. The Bertz CT molecular complexity index is 618. The number of aromatic hydroxyl groups is 1. The van der Waals surface area contributed by atoms with E-state index in [1.54, 1.807) is 30.3 Å². The summed E-state index contributed by atoms with van der Waals surface area (Å²) in [5.74, 6) is 0.160. The van der Waals surface area contributed by atoms with E-state index in [0.717, 1.165) is 11.1 Å². The number of hydrogen-bond acceptors (Lipinski definition) is 2. The molecule has 0 saturated heterocycles. The summed E-state index contributed by atoms with van der Waals surface area (Å²) in [5, 5.41) is 9.92. The molecule has 0 aliphatic rings. The minimum absolute atomic E-state index is 0.0347. The van der Waals surface area contributed by atoms with Crippen molar-refractivity contribution in [3.63, 3.8) is 0 Å². The molecule has 2 nitrogen and oxygen atoms in total. The Hall–Kier alpha value is -1.80. The van der Waals surface area contributed by atoms with Crippen LogP contribution in [0.3, 0.4) is 0 Å². The van der Waals surface area contributed by atoms with E-state index >= 15 is 0 Å². The molecule has 0 radical (unpaired) electrons. The number of Topliss-reactive ketones (excluding diaryl/α,β-unsaturated/α-hetero) is 1. The quantitative estimate of drug-likeness (QED) is 0.834. The molecule has 0 amide bonds. The van der Waals surface area contributed by atoms with E-state index in [1.807, 2.05) is 26.0 Å². The van der Waals surface area contributed by atoms with Gasteiger partial charge in [0.2, 0.25) is 0 Å². The van der Waals surface area contributed by atoms with Gasteiger partial charge in [-0.2, -0.15) is 0 Å². The van der Waals surface area contributed by atoms with Crippen LogP contribution in [0, 0.1) is 5.92 Å². The minimum Gasteiger partial charge on any atom is -0.508 e. The molecule has 2 aromatic carbocycles. The zero-order valence-corrected chi connectivity index (χ0v) is 11.6. The van der Waals surface area contributed by atoms with Crippen molar-refractivity contribution < 1.29 is 9.90 Å². The second-order valence-electron chi connectivity index (χ2n) is 4.76. The van der Waals surface area contributed by atoms with E-state index in [-0.39, 0.29) is 17.5 Å². The van der Waals surface area contributed by atoms with Crippen molar-refractivity contribution in [2.45, 2.75) is 13.8 Å². The van der Waals surface area contributed by atoms with Crippen LogP contribution in [0.1, 0.15) is 24.2 Å². The first-order valence-corrected chi connectivity index (χ1v) is 6.50. The van der Waals surface area contributed by atoms with E-state index in [4.69, 9.17) is 11.6 Å².